The quantitative estimate of drug-likeness (QED) is 0.294. The van der Waals surface area contributed by atoms with Gasteiger partial charge in [0.1, 0.15) is 25.2 Å². The summed E-state index contributed by atoms with van der Waals surface area (Å²) in [5.41, 5.74) is -2.90. The summed E-state index contributed by atoms with van der Waals surface area (Å²) in [5.74, 6) is -2.28. The third-order valence-corrected chi connectivity index (χ3v) is 5.11. The zero-order valence-electron chi connectivity index (χ0n) is 21.7. The monoisotopic (exact) mass is 477 g/mol. The van der Waals surface area contributed by atoms with Gasteiger partial charge in [-0.3, -0.25) is 19.2 Å². The van der Waals surface area contributed by atoms with E-state index in [1.807, 2.05) is 32.0 Å². The third-order valence-electron chi connectivity index (χ3n) is 5.11. The van der Waals surface area contributed by atoms with Crippen molar-refractivity contribution in [3.63, 3.8) is 0 Å². The van der Waals surface area contributed by atoms with Gasteiger partial charge in [0.05, 0.1) is 5.41 Å². The highest BCUT2D eigenvalue weighted by Crippen LogP contribution is 2.26. The Kier molecular flexibility index (Phi) is 10.3. The Morgan fingerprint density at radius 2 is 1.29 bits per heavy atom. The van der Waals surface area contributed by atoms with Crippen LogP contribution in [-0.4, -0.2) is 43.6 Å². The van der Waals surface area contributed by atoms with E-state index < -0.39 is 40.1 Å². The van der Waals surface area contributed by atoms with E-state index in [1.54, 1.807) is 39.8 Å². The van der Waals surface area contributed by atoms with E-state index in [4.69, 9.17) is 14.2 Å². The number of hydrogen-bond acceptors (Lipinski definition) is 7. The number of nitrogens with one attached hydrogen (secondary N) is 1. The molecule has 0 aliphatic rings. The van der Waals surface area contributed by atoms with Crippen molar-refractivity contribution in [1.29, 1.82) is 0 Å². The normalized spacial score (nSPS) is 13.6. The van der Waals surface area contributed by atoms with Crippen LogP contribution in [0.2, 0.25) is 0 Å². The zero-order chi connectivity index (χ0) is 26.2. The zero-order valence-corrected chi connectivity index (χ0v) is 21.7. The second-order valence-corrected chi connectivity index (χ2v) is 10.8. The molecule has 0 aliphatic heterocycles. The van der Waals surface area contributed by atoms with E-state index >= 15 is 0 Å². The van der Waals surface area contributed by atoms with Gasteiger partial charge >= 0.3 is 17.9 Å². The van der Waals surface area contributed by atoms with Crippen molar-refractivity contribution in [2.75, 3.05) is 19.8 Å². The molecule has 0 radical (unpaired) electrons. The molecule has 1 atom stereocenters. The number of rotatable bonds is 11. The van der Waals surface area contributed by atoms with Crippen molar-refractivity contribution in [2.24, 2.45) is 22.2 Å². The molecule has 1 aromatic carbocycles. The molecule has 0 saturated carbocycles. The van der Waals surface area contributed by atoms with Gasteiger partial charge in [0.2, 0.25) is 5.91 Å². The number of ether oxygens (including phenoxy) is 3. The maximum atomic E-state index is 12.9. The predicted octanol–water partition coefficient (Wildman–Crippen LogP) is 3.67. The van der Waals surface area contributed by atoms with E-state index in [9.17, 15) is 19.2 Å². The highest BCUT2D eigenvalue weighted by Gasteiger charge is 2.43. The Bertz CT molecular complexity index is 856. The molecule has 1 N–H and O–H groups in total. The third kappa shape index (κ3) is 8.80. The van der Waals surface area contributed by atoms with Crippen molar-refractivity contribution in [1.82, 2.24) is 5.32 Å². The van der Waals surface area contributed by atoms with Crippen LogP contribution in [0.1, 0.15) is 61.0 Å². The maximum Gasteiger partial charge on any atom is 0.323 e. The highest BCUT2D eigenvalue weighted by atomic mass is 16.6. The van der Waals surface area contributed by atoms with Crippen LogP contribution >= 0.6 is 0 Å². The van der Waals surface area contributed by atoms with E-state index in [2.05, 4.69) is 5.32 Å². The van der Waals surface area contributed by atoms with Gasteiger partial charge in [-0.1, -0.05) is 44.2 Å². The summed E-state index contributed by atoms with van der Waals surface area (Å²) in [6.07, 6.45) is 0. The largest absolute Gasteiger partial charge is 0.464 e. The molecule has 0 fully saturated rings. The average molecular weight is 478 g/mol. The fourth-order valence-corrected chi connectivity index (χ4v) is 2.52. The molecular weight excluding hydrogens is 438 g/mol. The van der Waals surface area contributed by atoms with Crippen molar-refractivity contribution in [3.8, 4) is 0 Å². The lowest BCUT2D eigenvalue weighted by Gasteiger charge is -2.30. The van der Waals surface area contributed by atoms with Gasteiger partial charge in [-0.15, -0.1) is 0 Å². The smallest absolute Gasteiger partial charge is 0.323 e. The second-order valence-electron chi connectivity index (χ2n) is 10.8. The Morgan fingerprint density at radius 3 is 1.79 bits per heavy atom. The molecule has 0 heterocycles. The average Bonchev–Trinajstić information content (AvgIpc) is 2.77. The Balaban J connectivity index is 2.86. The van der Waals surface area contributed by atoms with Gasteiger partial charge in [0.15, 0.2) is 5.41 Å². The SMILES string of the molecule is CC(C)CNC(=O)C(C)(COC(=O)C(C)(C)C)COC(=O)C(C)(C)C(=O)OCc1ccccc1. The first kappa shape index (κ1) is 29.1. The van der Waals surface area contributed by atoms with E-state index in [0.29, 0.717) is 6.54 Å². The predicted molar refractivity (Wildman–Crippen MR) is 127 cm³/mol. The van der Waals surface area contributed by atoms with Crippen molar-refractivity contribution in [3.05, 3.63) is 35.9 Å². The Morgan fingerprint density at radius 1 is 0.794 bits per heavy atom. The summed E-state index contributed by atoms with van der Waals surface area (Å²) in [4.78, 5) is 50.5. The molecule has 0 spiro atoms. The van der Waals surface area contributed by atoms with Crippen LogP contribution in [0.5, 0.6) is 0 Å². The molecule has 8 nitrogen and oxygen atoms in total. The number of amides is 1. The van der Waals surface area contributed by atoms with Crippen LogP contribution in [-0.2, 0) is 40.0 Å². The maximum absolute atomic E-state index is 12.9. The lowest BCUT2D eigenvalue weighted by atomic mass is 9.90. The van der Waals surface area contributed by atoms with Crippen LogP contribution in [0.3, 0.4) is 0 Å². The molecule has 1 aromatic rings. The molecule has 1 unspecified atom stereocenters. The standard InChI is InChI=1S/C26H39NO7/c1-18(2)14-27-20(28)26(8,16-33-21(29)24(3,4)5)17-34-23(31)25(6,7)22(30)32-15-19-12-10-9-11-13-19/h9-13,18H,14-17H2,1-8H3,(H,27,28). The molecule has 34 heavy (non-hydrogen) atoms. The molecule has 1 rings (SSSR count). The summed E-state index contributed by atoms with van der Waals surface area (Å²) >= 11 is 0. The van der Waals surface area contributed by atoms with Gasteiger partial charge in [-0.2, -0.15) is 0 Å². The number of carbonyl (C=O) groups is 4. The number of hydrogen-bond donors (Lipinski definition) is 1. The van der Waals surface area contributed by atoms with E-state index in [-0.39, 0.29) is 25.7 Å². The first-order valence-corrected chi connectivity index (χ1v) is 11.4. The topological polar surface area (TPSA) is 108 Å². The minimum Gasteiger partial charge on any atom is -0.464 e. The van der Waals surface area contributed by atoms with Gasteiger partial charge in [0.25, 0.3) is 0 Å². The molecular formula is C26H39NO7. The van der Waals surface area contributed by atoms with Crippen LogP contribution < -0.4 is 5.32 Å². The summed E-state index contributed by atoms with van der Waals surface area (Å²) in [7, 11) is 0. The molecule has 0 saturated heterocycles. The first-order chi connectivity index (χ1) is 15.6. The molecule has 0 aromatic heterocycles. The van der Waals surface area contributed by atoms with Crippen molar-refractivity contribution < 1.29 is 33.4 Å². The lowest BCUT2D eigenvalue weighted by Crippen LogP contribution is -2.48. The van der Waals surface area contributed by atoms with Gasteiger partial charge in [-0.05, 0) is 53.0 Å². The van der Waals surface area contributed by atoms with E-state index in [0.717, 1.165) is 5.56 Å². The van der Waals surface area contributed by atoms with Crippen LogP contribution in [0.15, 0.2) is 30.3 Å². The van der Waals surface area contributed by atoms with Gasteiger partial charge in [-0.25, -0.2) is 0 Å². The molecule has 0 aliphatic carbocycles. The highest BCUT2D eigenvalue weighted by molar-refractivity contribution is 5.99. The summed E-state index contributed by atoms with van der Waals surface area (Å²) in [5, 5.41) is 2.80. The van der Waals surface area contributed by atoms with Crippen LogP contribution in [0.4, 0.5) is 0 Å². The minimum atomic E-state index is -1.59. The van der Waals surface area contributed by atoms with Gasteiger partial charge in [0, 0.05) is 6.54 Å². The van der Waals surface area contributed by atoms with Crippen molar-refractivity contribution >= 4 is 23.8 Å². The van der Waals surface area contributed by atoms with Gasteiger partial charge < -0.3 is 19.5 Å². The molecule has 8 heteroatoms. The Labute approximate surface area is 202 Å². The minimum absolute atomic E-state index is 0.0223. The van der Waals surface area contributed by atoms with Crippen LogP contribution in [0, 0.1) is 22.2 Å². The molecule has 0 bridgehead atoms. The summed E-state index contributed by atoms with van der Waals surface area (Å²) < 4.78 is 16.1. The molecule has 1 amide bonds. The number of carbonyl (C=O) groups excluding carboxylic acids is 4. The lowest BCUT2D eigenvalue weighted by molar-refractivity contribution is -0.174. The second kappa shape index (κ2) is 12.0. The number of benzene rings is 1. The fraction of sp³-hybridized carbons (Fsp3) is 0.615. The Hall–Kier alpha value is -2.90. The molecule has 190 valence electrons. The van der Waals surface area contributed by atoms with E-state index in [1.165, 1.54) is 13.8 Å². The summed E-state index contributed by atoms with van der Waals surface area (Å²) in [6, 6.07) is 9.09. The first-order valence-electron chi connectivity index (χ1n) is 11.4. The van der Waals surface area contributed by atoms with Crippen LogP contribution in [0.25, 0.3) is 0 Å². The number of esters is 3. The summed E-state index contributed by atoms with van der Waals surface area (Å²) in [6.45, 7) is 13.1. The van der Waals surface area contributed by atoms with Crippen molar-refractivity contribution in [2.45, 2.75) is 62.0 Å². The fourth-order valence-electron chi connectivity index (χ4n) is 2.52.